The number of rotatable bonds is 6. The molecule has 2 heterocycles. The minimum Gasteiger partial charge on any atom is -0.463 e. The molecule has 1 atom stereocenters. The van der Waals surface area contributed by atoms with Gasteiger partial charge in [-0.3, -0.25) is 0 Å². The van der Waals surface area contributed by atoms with Crippen molar-refractivity contribution >= 4 is 23.7 Å². The number of allylic oxidation sites excluding steroid dienone is 1. The van der Waals surface area contributed by atoms with Crippen LogP contribution in [0.3, 0.4) is 0 Å². The maximum absolute atomic E-state index is 14.8. The summed E-state index contributed by atoms with van der Waals surface area (Å²) in [6, 6.07) is 13.9. The highest BCUT2D eigenvalue weighted by atomic mass is 32.2. The van der Waals surface area contributed by atoms with Crippen LogP contribution in [-0.2, 0) is 15.3 Å². The first-order chi connectivity index (χ1) is 15.0. The van der Waals surface area contributed by atoms with Gasteiger partial charge in [0.05, 0.1) is 12.2 Å². The maximum Gasteiger partial charge on any atom is 0.338 e. The van der Waals surface area contributed by atoms with Crippen molar-refractivity contribution in [3.05, 3.63) is 82.3 Å². The second-order valence-corrected chi connectivity index (χ2v) is 8.19. The molecule has 1 N–H and O–H groups in total. The Morgan fingerprint density at radius 3 is 2.77 bits per heavy atom. The first-order valence-corrected chi connectivity index (χ1v) is 11.0. The first kappa shape index (κ1) is 21.1. The lowest BCUT2D eigenvalue weighted by atomic mass is 9.95. The molecule has 160 valence electrons. The minimum atomic E-state index is -0.766. The number of esters is 1. The molecule has 0 unspecified atom stereocenters. The minimum absolute atomic E-state index is 0.224. The quantitative estimate of drug-likeness (QED) is 0.437. The topological polar surface area (TPSA) is 69.0 Å². The van der Waals surface area contributed by atoms with Crippen molar-refractivity contribution in [1.82, 2.24) is 14.8 Å². The Morgan fingerprint density at radius 2 is 2.03 bits per heavy atom. The fraction of sp³-hybridized carbons (Fsp3) is 0.261. The zero-order valence-electron chi connectivity index (χ0n) is 17.6. The van der Waals surface area contributed by atoms with Crippen LogP contribution in [0, 0.1) is 12.7 Å². The third-order valence-electron chi connectivity index (χ3n) is 4.98. The van der Waals surface area contributed by atoms with Gasteiger partial charge in [0.15, 0.2) is 0 Å². The van der Waals surface area contributed by atoms with E-state index in [1.807, 2.05) is 6.07 Å². The fourth-order valence-corrected chi connectivity index (χ4v) is 4.37. The number of hydrogen-bond acceptors (Lipinski definition) is 6. The van der Waals surface area contributed by atoms with E-state index in [1.165, 1.54) is 23.4 Å². The van der Waals surface area contributed by atoms with Gasteiger partial charge in [0.25, 0.3) is 0 Å². The van der Waals surface area contributed by atoms with E-state index in [4.69, 9.17) is 4.74 Å². The van der Waals surface area contributed by atoms with Crippen LogP contribution in [-0.4, -0.2) is 27.3 Å². The van der Waals surface area contributed by atoms with Crippen LogP contribution in [0.5, 0.6) is 0 Å². The summed E-state index contributed by atoms with van der Waals surface area (Å²) >= 11 is 1.49. The predicted octanol–water partition coefficient (Wildman–Crippen LogP) is 4.87. The molecule has 2 aromatic carbocycles. The summed E-state index contributed by atoms with van der Waals surface area (Å²) in [6.45, 7) is 5.78. The Labute approximate surface area is 184 Å². The van der Waals surface area contributed by atoms with Crippen molar-refractivity contribution in [2.75, 3.05) is 11.9 Å². The molecule has 4 rings (SSSR count). The Kier molecular flexibility index (Phi) is 6.08. The highest BCUT2D eigenvalue weighted by Gasteiger charge is 2.36. The van der Waals surface area contributed by atoms with Gasteiger partial charge in [0.2, 0.25) is 11.1 Å². The van der Waals surface area contributed by atoms with E-state index >= 15 is 0 Å². The Balaban J connectivity index is 1.71. The van der Waals surface area contributed by atoms with Crippen LogP contribution in [0.15, 0.2) is 65.0 Å². The van der Waals surface area contributed by atoms with Gasteiger partial charge in [-0.15, -0.1) is 5.10 Å². The van der Waals surface area contributed by atoms with Crippen LogP contribution in [0.25, 0.3) is 0 Å². The summed E-state index contributed by atoms with van der Waals surface area (Å²) in [5.74, 6) is 0.243. The number of fused-ring (bicyclic) bond motifs is 1. The number of thioether (sulfide) groups is 1. The normalized spacial score (nSPS) is 15.4. The van der Waals surface area contributed by atoms with Gasteiger partial charge in [-0.05, 0) is 32.4 Å². The number of benzene rings is 2. The molecular weight excluding hydrogens is 415 g/mol. The van der Waals surface area contributed by atoms with Crippen LogP contribution >= 0.6 is 11.8 Å². The lowest BCUT2D eigenvalue weighted by Gasteiger charge is -2.28. The molecule has 0 saturated carbocycles. The number of nitrogens with one attached hydrogen (secondary N) is 1. The van der Waals surface area contributed by atoms with Crippen molar-refractivity contribution in [3.8, 4) is 0 Å². The molecular formula is C23H23FN4O2S. The van der Waals surface area contributed by atoms with E-state index in [0.717, 1.165) is 5.56 Å². The molecule has 3 aromatic rings. The third kappa shape index (κ3) is 4.34. The molecule has 1 aliphatic rings. The van der Waals surface area contributed by atoms with Crippen molar-refractivity contribution in [3.63, 3.8) is 0 Å². The zero-order chi connectivity index (χ0) is 22.0. The monoisotopic (exact) mass is 438 g/mol. The van der Waals surface area contributed by atoms with Gasteiger partial charge in [-0.1, -0.05) is 59.8 Å². The molecule has 31 heavy (non-hydrogen) atoms. The Hall–Kier alpha value is -3.13. The summed E-state index contributed by atoms with van der Waals surface area (Å²) in [6.07, 6.45) is 0. The van der Waals surface area contributed by atoms with Crippen molar-refractivity contribution in [2.45, 2.75) is 37.7 Å². The lowest BCUT2D eigenvalue weighted by Crippen LogP contribution is -2.30. The van der Waals surface area contributed by atoms with E-state index in [2.05, 4.69) is 40.5 Å². The number of aromatic nitrogens is 3. The second-order valence-electron chi connectivity index (χ2n) is 7.25. The average Bonchev–Trinajstić information content (AvgIpc) is 3.14. The van der Waals surface area contributed by atoms with E-state index < -0.39 is 17.8 Å². The number of hydrogen-bond donors (Lipinski definition) is 1. The number of aryl methyl sites for hydroxylation is 1. The summed E-state index contributed by atoms with van der Waals surface area (Å²) in [5, 5.41) is 8.29. The summed E-state index contributed by atoms with van der Waals surface area (Å²) in [7, 11) is 0. The van der Waals surface area contributed by atoms with Crippen molar-refractivity contribution in [1.29, 1.82) is 0 Å². The molecule has 0 aliphatic carbocycles. The summed E-state index contributed by atoms with van der Waals surface area (Å²) < 4.78 is 21.6. The maximum atomic E-state index is 14.8. The largest absolute Gasteiger partial charge is 0.463 e. The highest BCUT2D eigenvalue weighted by molar-refractivity contribution is 7.98. The summed E-state index contributed by atoms with van der Waals surface area (Å²) in [5.41, 5.74) is 3.59. The van der Waals surface area contributed by atoms with Gasteiger partial charge in [-0.25, -0.2) is 13.9 Å². The molecule has 1 aromatic heterocycles. The molecule has 0 bridgehead atoms. The lowest BCUT2D eigenvalue weighted by molar-refractivity contribution is -0.139. The van der Waals surface area contributed by atoms with Gasteiger partial charge in [0, 0.05) is 17.0 Å². The molecule has 0 amide bonds. The van der Waals surface area contributed by atoms with Crippen molar-refractivity contribution in [2.24, 2.45) is 0 Å². The summed E-state index contributed by atoms with van der Waals surface area (Å²) in [4.78, 5) is 17.3. The smallest absolute Gasteiger partial charge is 0.338 e. The van der Waals surface area contributed by atoms with Crippen LogP contribution in [0.4, 0.5) is 10.3 Å². The van der Waals surface area contributed by atoms with E-state index in [1.54, 1.807) is 36.7 Å². The molecule has 0 saturated heterocycles. The van der Waals surface area contributed by atoms with Gasteiger partial charge in [-0.2, -0.15) is 4.98 Å². The van der Waals surface area contributed by atoms with E-state index in [9.17, 15) is 9.18 Å². The Bertz CT molecular complexity index is 1160. The predicted molar refractivity (Wildman–Crippen MR) is 118 cm³/mol. The number of carbonyl (C=O) groups excluding carboxylic acids is 1. The number of halogens is 1. The molecule has 0 spiro atoms. The van der Waals surface area contributed by atoms with E-state index in [0.29, 0.717) is 33.7 Å². The van der Waals surface area contributed by atoms with E-state index in [-0.39, 0.29) is 6.61 Å². The third-order valence-corrected chi connectivity index (χ3v) is 5.89. The molecule has 6 nitrogen and oxygen atoms in total. The molecule has 8 heteroatoms. The van der Waals surface area contributed by atoms with Gasteiger partial charge < -0.3 is 10.1 Å². The van der Waals surface area contributed by atoms with Gasteiger partial charge >= 0.3 is 5.97 Å². The van der Waals surface area contributed by atoms with Crippen LogP contribution in [0.1, 0.15) is 36.6 Å². The standard InChI is InChI=1S/C23H23FN4O2S/c1-4-30-21(29)19-15(3)25-22-26-23(31-13-16-9-7-8-14(2)12-16)27-28(22)20(19)17-10-5-6-11-18(17)24/h5-12,20H,4,13H2,1-3H3,(H,25,26,27)/t20-/m0/s1. The number of carbonyl (C=O) groups is 1. The first-order valence-electron chi connectivity index (χ1n) is 10.0. The zero-order valence-corrected chi connectivity index (χ0v) is 18.4. The highest BCUT2D eigenvalue weighted by Crippen LogP contribution is 2.37. The average molecular weight is 439 g/mol. The Morgan fingerprint density at radius 1 is 1.23 bits per heavy atom. The number of ether oxygens (including phenoxy) is 1. The van der Waals surface area contributed by atoms with Gasteiger partial charge in [0.1, 0.15) is 11.9 Å². The number of nitrogens with zero attached hydrogens (tertiary/aromatic N) is 3. The molecule has 1 aliphatic heterocycles. The molecule has 0 radical (unpaired) electrons. The SMILES string of the molecule is CCOC(=O)C1=C(C)Nc2nc(SCc3cccc(C)c3)nn2[C@H]1c1ccccc1F. The fourth-order valence-electron chi connectivity index (χ4n) is 3.60. The molecule has 0 fully saturated rings. The second kappa shape index (κ2) is 8.93. The number of anilines is 1. The van der Waals surface area contributed by atoms with Crippen LogP contribution in [0.2, 0.25) is 0 Å². The van der Waals surface area contributed by atoms with Crippen LogP contribution < -0.4 is 5.32 Å². The van der Waals surface area contributed by atoms with Crippen molar-refractivity contribution < 1.29 is 13.9 Å².